The van der Waals surface area contributed by atoms with Crippen LogP contribution in [0.2, 0.25) is 0 Å². The van der Waals surface area contributed by atoms with Crippen molar-refractivity contribution in [2.75, 3.05) is 18.8 Å². The Labute approximate surface area is 143 Å². The Morgan fingerprint density at radius 2 is 2.00 bits per heavy atom. The Morgan fingerprint density at radius 3 is 2.71 bits per heavy atom. The van der Waals surface area contributed by atoms with E-state index in [1.165, 1.54) is 6.07 Å². The summed E-state index contributed by atoms with van der Waals surface area (Å²) in [6, 6.07) is 6.18. The molecule has 0 saturated carbocycles. The zero-order valence-corrected chi connectivity index (χ0v) is 14.3. The molecule has 1 aliphatic heterocycles. The van der Waals surface area contributed by atoms with E-state index in [1.54, 1.807) is 23.1 Å². The number of hydrogen-bond donors (Lipinski definition) is 0. The van der Waals surface area contributed by atoms with Crippen molar-refractivity contribution in [2.45, 2.75) is 31.3 Å². The highest BCUT2D eigenvalue weighted by molar-refractivity contribution is 7.99. The number of rotatable bonds is 4. The maximum atomic E-state index is 13.7. The van der Waals surface area contributed by atoms with Crippen molar-refractivity contribution in [3.05, 3.63) is 30.1 Å². The smallest absolute Gasteiger partial charge is 0.277 e. The van der Waals surface area contributed by atoms with Gasteiger partial charge in [-0.25, -0.2) is 4.39 Å². The highest BCUT2D eigenvalue weighted by Crippen LogP contribution is 2.25. The predicted octanol–water partition coefficient (Wildman–Crippen LogP) is 2.60. The zero-order valence-electron chi connectivity index (χ0n) is 13.4. The number of hydrogen-bond acceptors (Lipinski definition) is 6. The summed E-state index contributed by atoms with van der Waals surface area (Å²) >= 11 is 1.15. The molecule has 0 N–H and O–H groups in total. The molecule has 2 aromatic rings. The molecule has 2 heterocycles. The summed E-state index contributed by atoms with van der Waals surface area (Å²) in [7, 11) is 0. The SMILES string of the molecule is C[C@@H]1CN(C(=O)CSc2nnc(-c3ccccc3F)o2)C[C@@H](C)O1. The van der Waals surface area contributed by atoms with Gasteiger partial charge in [-0.2, -0.15) is 0 Å². The van der Waals surface area contributed by atoms with Crippen molar-refractivity contribution in [3.63, 3.8) is 0 Å². The van der Waals surface area contributed by atoms with Crippen molar-refractivity contribution >= 4 is 17.7 Å². The first-order chi connectivity index (χ1) is 11.5. The van der Waals surface area contributed by atoms with E-state index in [0.29, 0.717) is 13.1 Å². The van der Waals surface area contributed by atoms with Gasteiger partial charge in [-0.15, -0.1) is 10.2 Å². The number of benzene rings is 1. The quantitative estimate of drug-likeness (QED) is 0.789. The summed E-state index contributed by atoms with van der Waals surface area (Å²) in [4.78, 5) is 14.1. The Kier molecular flexibility index (Phi) is 5.15. The van der Waals surface area contributed by atoms with Gasteiger partial charge in [-0.05, 0) is 26.0 Å². The molecule has 0 radical (unpaired) electrons. The molecule has 1 amide bonds. The number of ether oxygens (including phenoxy) is 1. The molecule has 128 valence electrons. The summed E-state index contributed by atoms with van der Waals surface area (Å²) in [5.41, 5.74) is 0.249. The minimum absolute atomic E-state index is 0.00681. The van der Waals surface area contributed by atoms with Crippen molar-refractivity contribution in [1.82, 2.24) is 15.1 Å². The van der Waals surface area contributed by atoms with Gasteiger partial charge in [-0.1, -0.05) is 23.9 Å². The Bertz CT molecular complexity index is 714. The van der Waals surface area contributed by atoms with E-state index in [1.807, 2.05) is 13.8 Å². The lowest BCUT2D eigenvalue weighted by atomic mass is 10.2. The maximum Gasteiger partial charge on any atom is 0.277 e. The first-order valence-corrected chi connectivity index (χ1v) is 8.66. The number of amides is 1. The van der Waals surface area contributed by atoms with Gasteiger partial charge in [-0.3, -0.25) is 4.79 Å². The molecule has 1 saturated heterocycles. The van der Waals surface area contributed by atoms with Crippen LogP contribution in [-0.4, -0.2) is 52.1 Å². The van der Waals surface area contributed by atoms with Crippen LogP contribution >= 0.6 is 11.8 Å². The molecule has 6 nitrogen and oxygen atoms in total. The number of carbonyl (C=O) groups is 1. The van der Waals surface area contributed by atoms with Gasteiger partial charge >= 0.3 is 0 Å². The minimum Gasteiger partial charge on any atom is -0.411 e. The largest absolute Gasteiger partial charge is 0.411 e. The molecule has 1 aromatic carbocycles. The van der Waals surface area contributed by atoms with Crippen molar-refractivity contribution < 1.29 is 18.3 Å². The highest BCUT2D eigenvalue weighted by atomic mass is 32.2. The normalized spacial score (nSPS) is 21.0. The predicted molar refractivity (Wildman–Crippen MR) is 87.0 cm³/mol. The molecule has 2 atom stereocenters. The van der Waals surface area contributed by atoms with E-state index in [9.17, 15) is 9.18 Å². The van der Waals surface area contributed by atoms with Crippen LogP contribution in [0.3, 0.4) is 0 Å². The summed E-state index contributed by atoms with van der Waals surface area (Å²) in [5.74, 6) is -0.132. The van der Waals surface area contributed by atoms with Crippen LogP contribution in [0, 0.1) is 5.82 Å². The third kappa shape index (κ3) is 3.93. The Hall–Kier alpha value is -1.93. The summed E-state index contributed by atoms with van der Waals surface area (Å²) in [5, 5.41) is 7.95. The number of aromatic nitrogens is 2. The van der Waals surface area contributed by atoms with Gasteiger partial charge in [0.1, 0.15) is 5.82 Å². The monoisotopic (exact) mass is 351 g/mol. The maximum absolute atomic E-state index is 13.7. The fourth-order valence-corrected chi connectivity index (χ4v) is 3.27. The molecule has 0 spiro atoms. The standard InChI is InChI=1S/C16H18FN3O3S/c1-10-7-20(8-11(2)22-10)14(21)9-24-16-19-18-15(23-16)12-5-3-4-6-13(12)17/h3-6,10-11H,7-9H2,1-2H3/t10-,11-/m1/s1. The van der Waals surface area contributed by atoms with Gasteiger partial charge in [0.05, 0.1) is 23.5 Å². The molecular weight excluding hydrogens is 333 g/mol. The van der Waals surface area contributed by atoms with E-state index < -0.39 is 5.82 Å². The number of carbonyl (C=O) groups excluding carboxylic acids is 1. The van der Waals surface area contributed by atoms with Gasteiger partial charge in [0, 0.05) is 13.1 Å². The first-order valence-electron chi connectivity index (χ1n) is 7.67. The van der Waals surface area contributed by atoms with E-state index in [-0.39, 0.29) is 40.5 Å². The molecule has 0 bridgehead atoms. The Balaban J connectivity index is 1.59. The summed E-state index contributed by atoms with van der Waals surface area (Å²) in [6.07, 6.45) is 0.0533. The Morgan fingerprint density at radius 1 is 1.29 bits per heavy atom. The highest BCUT2D eigenvalue weighted by Gasteiger charge is 2.26. The van der Waals surface area contributed by atoms with Crippen molar-refractivity contribution in [3.8, 4) is 11.5 Å². The molecular formula is C16H18FN3O3S. The van der Waals surface area contributed by atoms with Gasteiger partial charge in [0.2, 0.25) is 5.91 Å². The van der Waals surface area contributed by atoms with Crippen molar-refractivity contribution in [2.24, 2.45) is 0 Å². The zero-order chi connectivity index (χ0) is 17.1. The summed E-state index contributed by atoms with van der Waals surface area (Å²) in [6.45, 7) is 5.05. The van der Waals surface area contributed by atoms with Crippen molar-refractivity contribution in [1.29, 1.82) is 0 Å². The molecule has 0 aliphatic carbocycles. The molecule has 3 rings (SSSR count). The third-order valence-corrected chi connectivity index (χ3v) is 4.41. The summed E-state index contributed by atoms with van der Waals surface area (Å²) < 4.78 is 24.8. The lowest BCUT2D eigenvalue weighted by Crippen LogP contribution is -2.48. The fraction of sp³-hybridized carbons (Fsp3) is 0.438. The molecule has 0 unspecified atom stereocenters. The molecule has 1 fully saturated rings. The molecule has 1 aromatic heterocycles. The van der Waals surface area contributed by atoms with Crippen LogP contribution in [0.15, 0.2) is 33.9 Å². The lowest BCUT2D eigenvalue weighted by molar-refractivity contribution is -0.140. The van der Waals surface area contributed by atoms with Crippen LogP contribution in [0.1, 0.15) is 13.8 Å². The number of nitrogens with zero attached hydrogens (tertiary/aromatic N) is 3. The van der Waals surface area contributed by atoms with Crippen LogP contribution in [0.5, 0.6) is 0 Å². The molecule has 1 aliphatic rings. The second-order valence-corrected chi connectivity index (χ2v) is 6.62. The average Bonchev–Trinajstić information content (AvgIpc) is 3.01. The van der Waals surface area contributed by atoms with E-state index in [4.69, 9.17) is 9.15 Å². The molecule has 24 heavy (non-hydrogen) atoms. The van der Waals surface area contributed by atoms with Crippen LogP contribution in [0.25, 0.3) is 11.5 Å². The number of halogens is 1. The minimum atomic E-state index is -0.426. The van der Waals surface area contributed by atoms with E-state index in [0.717, 1.165) is 11.8 Å². The number of thioether (sulfide) groups is 1. The second-order valence-electron chi connectivity index (χ2n) is 5.70. The third-order valence-electron chi connectivity index (χ3n) is 3.60. The van der Waals surface area contributed by atoms with Gasteiger partial charge in [0.15, 0.2) is 0 Å². The van der Waals surface area contributed by atoms with Gasteiger partial charge in [0.25, 0.3) is 11.1 Å². The van der Waals surface area contributed by atoms with Crippen LogP contribution in [-0.2, 0) is 9.53 Å². The second kappa shape index (κ2) is 7.31. The van der Waals surface area contributed by atoms with E-state index >= 15 is 0 Å². The fourth-order valence-electron chi connectivity index (χ4n) is 2.61. The number of morpholine rings is 1. The van der Waals surface area contributed by atoms with Crippen LogP contribution in [0.4, 0.5) is 4.39 Å². The first kappa shape index (κ1) is 16.9. The average molecular weight is 351 g/mol. The van der Waals surface area contributed by atoms with Gasteiger partial charge < -0.3 is 14.1 Å². The van der Waals surface area contributed by atoms with Crippen LogP contribution < -0.4 is 0 Å². The van der Waals surface area contributed by atoms with E-state index in [2.05, 4.69) is 10.2 Å². The molecule has 8 heteroatoms. The lowest BCUT2D eigenvalue weighted by Gasteiger charge is -2.35. The topological polar surface area (TPSA) is 68.5 Å².